The van der Waals surface area contributed by atoms with Gasteiger partial charge in [-0.05, 0) is 39.7 Å². The van der Waals surface area contributed by atoms with Crippen LogP contribution in [0.2, 0.25) is 0 Å². The van der Waals surface area contributed by atoms with Gasteiger partial charge in [-0.2, -0.15) is 18.3 Å². The number of aromatic nitrogens is 2. The zero-order valence-corrected chi connectivity index (χ0v) is 19.2. The van der Waals surface area contributed by atoms with Crippen molar-refractivity contribution < 1.29 is 13.2 Å². The number of rotatable bonds is 7. The number of alkyl halides is 3. The van der Waals surface area contributed by atoms with E-state index in [4.69, 9.17) is 0 Å². The lowest BCUT2D eigenvalue weighted by atomic mass is 10.0. The maximum absolute atomic E-state index is 13.0. The van der Waals surface area contributed by atoms with Crippen molar-refractivity contribution in [2.45, 2.75) is 58.3 Å². The number of aliphatic imine (C=N–C) groups is 1. The van der Waals surface area contributed by atoms with Crippen LogP contribution in [0.1, 0.15) is 50.8 Å². The van der Waals surface area contributed by atoms with E-state index in [2.05, 4.69) is 32.5 Å². The molecule has 1 aromatic heterocycles. The third kappa shape index (κ3) is 7.76. The zero-order valence-electron chi connectivity index (χ0n) is 16.8. The second-order valence-corrected chi connectivity index (χ2v) is 7.03. The molecule has 0 bridgehead atoms. The van der Waals surface area contributed by atoms with Gasteiger partial charge < -0.3 is 15.5 Å². The standard InChI is InChI=1S/C18H31F3N6.HI/c1-4-22-17(23-9-7-11-27-10-6-5-8-14(27)2)24-12-15-13-26(3)25-16(15)18(19,20)21;/h13-14H,4-12H2,1-3H3,(H2,22,23,24);1H. The molecule has 0 spiro atoms. The lowest BCUT2D eigenvalue weighted by molar-refractivity contribution is -0.142. The van der Waals surface area contributed by atoms with Crippen LogP contribution in [-0.4, -0.2) is 52.9 Å². The first-order valence-corrected chi connectivity index (χ1v) is 9.67. The van der Waals surface area contributed by atoms with Gasteiger partial charge in [0.1, 0.15) is 0 Å². The normalized spacial score (nSPS) is 18.6. The highest BCUT2D eigenvalue weighted by molar-refractivity contribution is 14.0. The minimum Gasteiger partial charge on any atom is -0.357 e. The summed E-state index contributed by atoms with van der Waals surface area (Å²) in [7, 11) is 1.48. The molecule has 1 aliphatic rings. The Kier molecular flexibility index (Phi) is 10.6. The number of guanidine groups is 1. The first kappa shape index (κ1) is 25.0. The topological polar surface area (TPSA) is 57.5 Å². The summed E-state index contributed by atoms with van der Waals surface area (Å²) < 4.78 is 40.3. The molecule has 0 aliphatic carbocycles. The summed E-state index contributed by atoms with van der Waals surface area (Å²) in [6.07, 6.45) is 1.69. The summed E-state index contributed by atoms with van der Waals surface area (Å²) in [6, 6.07) is 0.632. The van der Waals surface area contributed by atoms with Gasteiger partial charge in [0.25, 0.3) is 0 Å². The summed E-state index contributed by atoms with van der Waals surface area (Å²) in [5.41, 5.74) is -0.798. The predicted molar refractivity (Wildman–Crippen MR) is 116 cm³/mol. The first-order valence-electron chi connectivity index (χ1n) is 9.67. The van der Waals surface area contributed by atoms with Crippen LogP contribution in [0.4, 0.5) is 13.2 Å². The van der Waals surface area contributed by atoms with Crippen molar-refractivity contribution in [1.82, 2.24) is 25.3 Å². The number of aryl methyl sites for hydroxylation is 1. The van der Waals surface area contributed by atoms with Crippen LogP contribution in [0.5, 0.6) is 0 Å². The molecule has 1 saturated heterocycles. The second-order valence-electron chi connectivity index (χ2n) is 7.03. The maximum Gasteiger partial charge on any atom is 0.435 e. The molecule has 2 N–H and O–H groups in total. The van der Waals surface area contributed by atoms with Crippen LogP contribution in [0.25, 0.3) is 0 Å². The fourth-order valence-corrected chi connectivity index (χ4v) is 3.38. The average Bonchev–Trinajstić information content (AvgIpc) is 2.99. The molecular weight excluding hydrogens is 484 g/mol. The van der Waals surface area contributed by atoms with E-state index in [0.717, 1.165) is 26.1 Å². The SMILES string of the molecule is CCNC(=NCc1cn(C)nc1C(F)(F)F)NCCCN1CCCCC1C.I. The second kappa shape index (κ2) is 11.8. The molecule has 2 rings (SSSR count). The van der Waals surface area contributed by atoms with E-state index < -0.39 is 11.9 Å². The van der Waals surface area contributed by atoms with Crippen molar-refractivity contribution in [2.75, 3.05) is 26.2 Å². The van der Waals surface area contributed by atoms with Crippen LogP contribution in [0.15, 0.2) is 11.2 Å². The Morgan fingerprint density at radius 2 is 2.07 bits per heavy atom. The van der Waals surface area contributed by atoms with Crippen LogP contribution < -0.4 is 10.6 Å². The number of nitrogens with zero attached hydrogens (tertiary/aromatic N) is 4. The van der Waals surface area contributed by atoms with Crippen molar-refractivity contribution in [1.29, 1.82) is 0 Å². The third-order valence-corrected chi connectivity index (χ3v) is 4.78. The van der Waals surface area contributed by atoms with E-state index in [9.17, 15) is 13.2 Å². The summed E-state index contributed by atoms with van der Waals surface area (Å²) in [4.78, 5) is 6.80. The molecule has 1 fully saturated rings. The Balaban J connectivity index is 0.00000392. The molecule has 0 aromatic carbocycles. The minimum absolute atomic E-state index is 0. The highest BCUT2D eigenvalue weighted by Crippen LogP contribution is 2.30. The molecule has 162 valence electrons. The third-order valence-electron chi connectivity index (χ3n) is 4.78. The number of piperidine rings is 1. The minimum atomic E-state index is -4.47. The Hall–Kier alpha value is -1.04. The average molecular weight is 516 g/mol. The smallest absolute Gasteiger partial charge is 0.357 e. The van der Waals surface area contributed by atoms with Crippen LogP contribution >= 0.6 is 24.0 Å². The van der Waals surface area contributed by atoms with Crippen LogP contribution in [0, 0.1) is 0 Å². The van der Waals surface area contributed by atoms with E-state index in [1.165, 1.54) is 37.2 Å². The van der Waals surface area contributed by atoms with Crippen LogP contribution in [-0.2, 0) is 19.8 Å². The monoisotopic (exact) mass is 516 g/mol. The molecule has 10 heteroatoms. The maximum atomic E-state index is 13.0. The molecule has 1 aromatic rings. The quantitative estimate of drug-likeness (QED) is 0.253. The number of nitrogens with one attached hydrogen (secondary N) is 2. The van der Waals surface area contributed by atoms with E-state index in [1.54, 1.807) is 0 Å². The van der Waals surface area contributed by atoms with Crippen molar-refractivity contribution in [3.8, 4) is 0 Å². The molecule has 1 atom stereocenters. The number of hydrogen-bond acceptors (Lipinski definition) is 3. The number of hydrogen-bond donors (Lipinski definition) is 2. The summed E-state index contributed by atoms with van der Waals surface area (Å²) in [5, 5.41) is 9.81. The van der Waals surface area contributed by atoms with Gasteiger partial charge in [-0.15, -0.1) is 24.0 Å². The Bertz CT molecular complexity index is 617. The molecular formula is C18H32F3IN6. The molecule has 28 heavy (non-hydrogen) atoms. The van der Waals surface area contributed by atoms with Gasteiger partial charge in [0, 0.05) is 44.5 Å². The van der Waals surface area contributed by atoms with Gasteiger partial charge in [-0.1, -0.05) is 6.42 Å². The fraction of sp³-hybridized carbons (Fsp3) is 0.778. The largest absolute Gasteiger partial charge is 0.435 e. The van der Waals surface area contributed by atoms with Gasteiger partial charge >= 0.3 is 6.18 Å². The molecule has 0 amide bonds. The zero-order chi connectivity index (χ0) is 19.9. The van der Waals surface area contributed by atoms with Crippen molar-refractivity contribution in [3.05, 3.63) is 17.5 Å². The summed E-state index contributed by atoms with van der Waals surface area (Å²) in [5.74, 6) is 0.529. The molecule has 1 aliphatic heterocycles. The van der Waals surface area contributed by atoms with Gasteiger partial charge in [0.2, 0.25) is 0 Å². The Morgan fingerprint density at radius 1 is 1.32 bits per heavy atom. The predicted octanol–water partition coefficient (Wildman–Crippen LogP) is 3.38. The van der Waals surface area contributed by atoms with Gasteiger partial charge in [-0.25, -0.2) is 4.99 Å². The molecule has 6 nitrogen and oxygen atoms in total. The van der Waals surface area contributed by atoms with Crippen molar-refractivity contribution in [3.63, 3.8) is 0 Å². The Morgan fingerprint density at radius 3 is 2.71 bits per heavy atom. The Labute approximate surface area is 182 Å². The summed E-state index contributed by atoms with van der Waals surface area (Å²) >= 11 is 0. The molecule has 0 saturated carbocycles. The highest BCUT2D eigenvalue weighted by Gasteiger charge is 2.36. The summed E-state index contributed by atoms with van der Waals surface area (Å²) in [6.45, 7) is 7.68. The van der Waals surface area contributed by atoms with Gasteiger partial charge in [0.05, 0.1) is 6.54 Å². The lowest BCUT2D eigenvalue weighted by Gasteiger charge is -2.33. The van der Waals surface area contributed by atoms with E-state index in [-0.39, 0.29) is 36.1 Å². The van der Waals surface area contributed by atoms with E-state index >= 15 is 0 Å². The molecule has 2 heterocycles. The first-order chi connectivity index (χ1) is 12.8. The highest BCUT2D eigenvalue weighted by atomic mass is 127. The number of halogens is 4. The molecule has 1 unspecified atom stereocenters. The number of likely N-dealkylation sites (tertiary alicyclic amines) is 1. The fourth-order valence-electron chi connectivity index (χ4n) is 3.38. The van der Waals surface area contributed by atoms with Crippen molar-refractivity contribution in [2.24, 2.45) is 12.0 Å². The van der Waals surface area contributed by atoms with Gasteiger partial charge in [0.15, 0.2) is 11.7 Å². The lowest BCUT2D eigenvalue weighted by Crippen LogP contribution is -2.41. The molecule has 0 radical (unpaired) electrons. The van der Waals surface area contributed by atoms with Crippen molar-refractivity contribution >= 4 is 29.9 Å². The van der Waals surface area contributed by atoms with Gasteiger partial charge in [-0.3, -0.25) is 4.68 Å². The van der Waals surface area contributed by atoms with Crippen LogP contribution in [0.3, 0.4) is 0 Å². The van der Waals surface area contributed by atoms with E-state index in [0.29, 0.717) is 18.5 Å². The van der Waals surface area contributed by atoms with E-state index in [1.807, 2.05) is 6.92 Å².